The van der Waals surface area contributed by atoms with Crippen molar-refractivity contribution in [3.63, 3.8) is 0 Å². The topological polar surface area (TPSA) is 43.2 Å². The average Bonchev–Trinajstić information content (AvgIpc) is 3.41. The molecule has 3 heterocycles. The van der Waals surface area contributed by atoms with Gasteiger partial charge in [0.2, 0.25) is 0 Å². The highest BCUT2D eigenvalue weighted by atomic mass is 32.1. The summed E-state index contributed by atoms with van der Waals surface area (Å²) in [4.78, 5) is 10.1. The van der Waals surface area contributed by atoms with E-state index in [9.17, 15) is 0 Å². The van der Waals surface area contributed by atoms with Gasteiger partial charge in [0.1, 0.15) is 0 Å². The monoisotopic (exact) mass is 388 g/mol. The van der Waals surface area contributed by atoms with Crippen molar-refractivity contribution in [2.45, 2.75) is 31.7 Å². The van der Waals surface area contributed by atoms with Gasteiger partial charge in [0.05, 0.1) is 21.8 Å². The van der Waals surface area contributed by atoms with Crippen LogP contribution >= 0.6 is 11.3 Å². The van der Waals surface area contributed by atoms with Gasteiger partial charge in [-0.2, -0.15) is 5.26 Å². The Morgan fingerprint density at radius 2 is 1.75 bits per heavy atom. The van der Waals surface area contributed by atoms with Gasteiger partial charge in [-0.25, -0.2) is 4.98 Å². The molecule has 142 valence electrons. The number of nitriles is 1. The number of thiazole rings is 1. The van der Waals surface area contributed by atoms with Crippen LogP contribution in [0.25, 0.3) is 21.3 Å². The Bertz CT molecular complexity index is 1010. The van der Waals surface area contributed by atoms with Crippen LogP contribution in [-0.4, -0.2) is 42.1 Å². The van der Waals surface area contributed by atoms with Crippen molar-refractivity contribution in [2.24, 2.45) is 0 Å². The molecule has 1 aromatic heterocycles. The quantitative estimate of drug-likeness (QED) is 0.640. The molecule has 5 heteroatoms. The van der Waals surface area contributed by atoms with Crippen molar-refractivity contribution in [1.29, 1.82) is 5.26 Å². The van der Waals surface area contributed by atoms with E-state index in [0.29, 0.717) is 11.6 Å². The first kappa shape index (κ1) is 17.7. The highest BCUT2D eigenvalue weighted by Crippen LogP contribution is 2.34. The Hall–Kier alpha value is -2.42. The van der Waals surface area contributed by atoms with Crippen LogP contribution in [0.1, 0.15) is 31.2 Å². The molecule has 0 aliphatic carbocycles. The number of likely N-dealkylation sites (tertiary alicyclic amines) is 1. The molecule has 0 amide bonds. The van der Waals surface area contributed by atoms with Crippen molar-refractivity contribution < 1.29 is 0 Å². The molecule has 2 fully saturated rings. The fraction of sp³-hybridized carbons (Fsp3) is 0.391. The third-order valence-corrected chi connectivity index (χ3v) is 7.14. The van der Waals surface area contributed by atoms with Crippen LogP contribution in [0.15, 0.2) is 42.5 Å². The van der Waals surface area contributed by atoms with E-state index < -0.39 is 0 Å². The summed E-state index contributed by atoms with van der Waals surface area (Å²) >= 11 is 1.80. The van der Waals surface area contributed by atoms with Gasteiger partial charge in [0.15, 0.2) is 5.13 Å². The van der Waals surface area contributed by atoms with Gasteiger partial charge in [0, 0.05) is 19.1 Å². The van der Waals surface area contributed by atoms with Crippen LogP contribution in [0.4, 0.5) is 5.13 Å². The van der Waals surface area contributed by atoms with E-state index in [-0.39, 0.29) is 0 Å². The van der Waals surface area contributed by atoms with E-state index in [4.69, 9.17) is 10.2 Å². The van der Waals surface area contributed by atoms with Gasteiger partial charge < -0.3 is 4.90 Å². The lowest BCUT2D eigenvalue weighted by Gasteiger charge is -2.32. The number of nitrogens with zero attached hydrogens (tertiary/aromatic N) is 4. The van der Waals surface area contributed by atoms with Crippen LogP contribution < -0.4 is 4.90 Å². The lowest BCUT2D eigenvalue weighted by Crippen LogP contribution is -2.40. The minimum atomic E-state index is 0.696. The van der Waals surface area contributed by atoms with Crippen LogP contribution in [-0.2, 0) is 0 Å². The summed E-state index contributed by atoms with van der Waals surface area (Å²) in [6.07, 6.45) is 5.37. The van der Waals surface area contributed by atoms with Crippen molar-refractivity contribution in [3.05, 3.63) is 48.0 Å². The Labute approximate surface area is 170 Å². The number of aromatic nitrogens is 1. The smallest absolute Gasteiger partial charge is 0.186 e. The fourth-order valence-corrected chi connectivity index (χ4v) is 5.50. The first-order chi connectivity index (χ1) is 13.8. The third kappa shape index (κ3) is 3.39. The number of fused-ring (bicyclic) bond motifs is 1. The number of hydrogen-bond acceptors (Lipinski definition) is 5. The molecule has 0 bridgehead atoms. The van der Waals surface area contributed by atoms with E-state index in [1.165, 1.54) is 49.0 Å². The first-order valence-corrected chi connectivity index (χ1v) is 11.0. The molecule has 5 rings (SSSR count). The zero-order chi connectivity index (χ0) is 18.9. The largest absolute Gasteiger partial charge is 0.346 e. The molecular weight excluding hydrogens is 364 g/mol. The summed E-state index contributed by atoms with van der Waals surface area (Å²) in [7, 11) is 0. The predicted octanol–water partition coefficient (Wildman–Crippen LogP) is 4.90. The van der Waals surface area contributed by atoms with Crippen molar-refractivity contribution in [3.8, 4) is 17.2 Å². The zero-order valence-corrected chi connectivity index (χ0v) is 16.8. The van der Waals surface area contributed by atoms with E-state index >= 15 is 0 Å². The molecule has 3 aromatic rings. The summed E-state index contributed by atoms with van der Waals surface area (Å²) in [5, 5.41) is 10.1. The molecule has 2 aliphatic heterocycles. The molecule has 1 atom stereocenters. The van der Waals surface area contributed by atoms with E-state index in [1.54, 1.807) is 11.3 Å². The molecule has 0 spiro atoms. The van der Waals surface area contributed by atoms with Crippen LogP contribution in [0.3, 0.4) is 0 Å². The lowest BCUT2D eigenvalue weighted by molar-refractivity contribution is 0.175. The van der Waals surface area contributed by atoms with Gasteiger partial charge in [-0.3, -0.25) is 4.90 Å². The average molecular weight is 389 g/mol. The second-order valence-corrected chi connectivity index (χ2v) is 8.86. The molecular formula is C23H24N4S. The SMILES string of the molecule is N#Cc1ccc(-c2ccc3nc(N4CC[C@@H](N5CCCCC5)C4)sc3c2)cc1. The standard InChI is InChI=1S/C23H24N4S/c24-15-17-4-6-18(7-5-17)19-8-9-21-22(14-19)28-23(25-21)27-13-10-20(16-27)26-11-2-1-3-12-26/h4-9,14,20H,1-3,10-13,16H2/t20-/m1/s1. The maximum Gasteiger partial charge on any atom is 0.186 e. The minimum absolute atomic E-state index is 0.696. The minimum Gasteiger partial charge on any atom is -0.346 e. The number of benzene rings is 2. The molecule has 28 heavy (non-hydrogen) atoms. The van der Waals surface area contributed by atoms with Gasteiger partial charge >= 0.3 is 0 Å². The van der Waals surface area contributed by atoms with Gasteiger partial charge in [-0.05, 0) is 67.7 Å². The molecule has 2 saturated heterocycles. The fourth-order valence-electron chi connectivity index (χ4n) is 4.46. The molecule has 2 aromatic carbocycles. The zero-order valence-electron chi connectivity index (χ0n) is 16.0. The maximum absolute atomic E-state index is 8.98. The number of hydrogen-bond donors (Lipinski definition) is 0. The van der Waals surface area contributed by atoms with Crippen LogP contribution in [0, 0.1) is 11.3 Å². The predicted molar refractivity (Wildman–Crippen MR) is 116 cm³/mol. The van der Waals surface area contributed by atoms with Crippen LogP contribution in [0.5, 0.6) is 0 Å². The van der Waals surface area contributed by atoms with E-state index in [0.717, 1.165) is 29.3 Å². The number of anilines is 1. The normalized spacial score (nSPS) is 20.5. The molecule has 0 radical (unpaired) electrons. The highest BCUT2D eigenvalue weighted by Gasteiger charge is 2.29. The summed E-state index contributed by atoms with van der Waals surface area (Å²) in [6, 6.07) is 17.2. The molecule has 4 nitrogen and oxygen atoms in total. The van der Waals surface area contributed by atoms with Crippen molar-refractivity contribution in [1.82, 2.24) is 9.88 Å². The van der Waals surface area contributed by atoms with Gasteiger partial charge in [-0.1, -0.05) is 36.0 Å². The third-order valence-electron chi connectivity index (χ3n) is 6.07. The Balaban J connectivity index is 1.36. The van der Waals surface area contributed by atoms with Crippen molar-refractivity contribution >= 4 is 26.7 Å². The first-order valence-electron chi connectivity index (χ1n) is 10.2. The van der Waals surface area contributed by atoms with E-state index in [2.05, 4.69) is 34.1 Å². The van der Waals surface area contributed by atoms with Gasteiger partial charge in [0.25, 0.3) is 0 Å². The van der Waals surface area contributed by atoms with Crippen LogP contribution in [0.2, 0.25) is 0 Å². The van der Waals surface area contributed by atoms with E-state index in [1.807, 2.05) is 24.3 Å². The number of piperidine rings is 1. The molecule has 0 unspecified atom stereocenters. The second-order valence-electron chi connectivity index (χ2n) is 7.85. The lowest BCUT2D eigenvalue weighted by atomic mass is 10.0. The van der Waals surface area contributed by atoms with Gasteiger partial charge in [-0.15, -0.1) is 0 Å². The summed E-state index contributed by atoms with van der Waals surface area (Å²) in [6.45, 7) is 4.77. The maximum atomic E-state index is 8.98. The number of rotatable bonds is 3. The summed E-state index contributed by atoms with van der Waals surface area (Å²) in [5.41, 5.74) is 4.10. The molecule has 0 saturated carbocycles. The van der Waals surface area contributed by atoms with Crippen molar-refractivity contribution in [2.75, 3.05) is 31.1 Å². The second kappa shape index (κ2) is 7.54. The summed E-state index contributed by atoms with van der Waals surface area (Å²) < 4.78 is 1.23. The summed E-state index contributed by atoms with van der Waals surface area (Å²) in [5.74, 6) is 0. The Morgan fingerprint density at radius 3 is 2.54 bits per heavy atom. The Kier molecular flexibility index (Phi) is 4.76. The Morgan fingerprint density at radius 1 is 0.964 bits per heavy atom. The molecule has 0 N–H and O–H groups in total. The molecule has 2 aliphatic rings. The highest BCUT2D eigenvalue weighted by molar-refractivity contribution is 7.22.